The highest BCUT2D eigenvalue weighted by Gasteiger charge is 1.87. The fraction of sp³-hybridized carbons (Fsp3) is 0.846. The van der Waals surface area contributed by atoms with Crippen molar-refractivity contribution in [3.8, 4) is 0 Å². The van der Waals surface area contributed by atoms with Crippen LogP contribution in [0, 0.1) is 0 Å². The Kier molecular flexibility index (Phi) is 14.9. The van der Waals surface area contributed by atoms with Gasteiger partial charge in [0.2, 0.25) is 0 Å². The molecule has 0 radical (unpaired) electrons. The molecule has 0 N–H and O–H groups in total. The minimum atomic E-state index is 1.20. The predicted octanol–water partition coefficient (Wildman–Crippen LogP) is 6.04. The number of hydrogen-bond donors (Lipinski definition) is 0. The van der Waals surface area contributed by atoms with Gasteiger partial charge in [-0.3, -0.25) is 0 Å². The molecule has 0 unspecified atom stereocenters. The van der Waals surface area contributed by atoms with Crippen LogP contribution >= 0.6 is 21.6 Å². The molecular weight excluding hydrogens is 220 g/mol. The van der Waals surface area contributed by atoms with Crippen LogP contribution in [0.2, 0.25) is 0 Å². The van der Waals surface area contributed by atoms with Gasteiger partial charge in [-0.1, -0.05) is 92.9 Å². The molecule has 0 aromatic rings. The van der Waals surface area contributed by atoms with Crippen LogP contribution in [-0.2, 0) is 0 Å². The van der Waals surface area contributed by atoms with Gasteiger partial charge in [-0.05, 0) is 5.41 Å². The fourth-order valence-corrected chi connectivity index (χ4v) is 2.97. The molecule has 0 saturated heterocycles. The van der Waals surface area contributed by atoms with Crippen molar-refractivity contribution in [3.63, 3.8) is 0 Å². The Balaban J connectivity index is 0.000000322. The van der Waals surface area contributed by atoms with Gasteiger partial charge in [0.05, 0.1) is 0 Å². The van der Waals surface area contributed by atoms with Gasteiger partial charge in [-0.2, -0.15) is 0 Å². The van der Waals surface area contributed by atoms with E-state index < -0.39 is 0 Å². The molecule has 0 saturated carbocycles. The van der Waals surface area contributed by atoms with Crippen molar-refractivity contribution < 1.29 is 0 Å². The number of hydrogen-bond acceptors (Lipinski definition) is 2. The average Bonchev–Trinajstić information content (AvgIpc) is 2.82. The first-order chi connectivity index (χ1) is 7.41. The number of rotatable bonds is 7. The second-order valence-corrected chi connectivity index (χ2v) is 6.19. The van der Waals surface area contributed by atoms with Gasteiger partial charge in [-0.15, -0.1) is 0 Å². The summed E-state index contributed by atoms with van der Waals surface area (Å²) in [6.45, 7) is 4.54. The highest BCUT2D eigenvalue weighted by molar-refractivity contribution is 8.78. The smallest absolute Gasteiger partial charge is 0.0229 e. The van der Waals surface area contributed by atoms with Crippen LogP contribution in [-0.4, -0.2) is 5.75 Å². The molecular formula is C13H26S2. The topological polar surface area (TPSA) is 0 Å². The summed E-state index contributed by atoms with van der Waals surface area (Å²) in [6, 6.07) is 0. The van der Waals surface area contributed by atoms with Crippen molar-refractivity contribution in [1.29, 1.82) is 0 Å². The first kappa shape index (κ1) is 15.4. The Labute approximate surface area is 104 Å². The summed E-state index contributed by atoms with van der Waals surface area (Å²) in [5.74, 6) is 1.20. The van der Waals surface area contributed by atoms with E-state index >= 15 is 0 Å². The van der Waals surface area contributed by atoms with E-state index in [9.17, 15) is 0 Å². The highest BCUT2D eigenvalue weighted by atomic mass is 33.1. The molecule has 0 bridgehead atoms. The van der Waals surface area contributed by atoms with Crippen molar-refractivity contribution in [2.75, 3.05) is 5.75 Å². The molecule has 15 heavy (non-hydrogen) atoms. The maximum atomic E-state index is 2.27. The van der Waals surface area contributed by atoms with E-state index in [0.717, 1.165) is 0 Å². The second kappa shape index (κ2) is 14.4. The highest BCUT2D eigenvalue weighted by Crippen LogP contribution is 2.27. The molecule has 0 nitrogen and oxygen atoms in total. The normalized spacial score (nSPS) is 13.7. The maximum Gasteiger partial charge on any atom is 0.0229 e. The summed E-state index contributed by atoms with van der Waals surface area (Å²) >= 11 is 0. The lowest BCUT2D eigenvalue weighted by molar-refractivity contribution is 0.585. The molecule has 0 amide bonds. The van der Waals surface area contributed by atoms with E-state index in [1.54, 1.807) is 0 Å². The first-order valence-corrected chi connectivity index (χ1v) is 8.73. The quantitative estimate of drug-likeness (QED) is 0.396. The van der Waals surface area contributed by atoms with Crippen molar-refractivity contribution >= 4 is 21.6 Å². The third-order valence-corrected chi connectivity index (χ3v) is 4.26. The third-order valence-electron chi connectivity index (χ3n) is 2.34. The summed E-state index contributed by atoms with van der Waals surface area (Å²) in [7, 11) is 3.69. The molecule has 1 aliphatic heterocycles. The molecule has 1 rings (SSSR count). The Hall–Kier alpha value is 0.440. The summed E-state index contributed by atoms with van der Waals surface area (Å²) in [5, 5.41) is 2.12. The molecule has 0 aromatic heterocycles. The van der Waals surface area contributed by atoms with Crippen LogP contribution in [0.1, 0.15) is 65.2 Å². The van der Waals surface area contributed by atoms with Crippen LogP contribution in [0.15, 0.2) is 11.5 Å². The Bertz CT molecular complexity index is 118. The van der Waals surface area contributed by atoms with Crippen LogP contribution < -0.4 is 0 Å². The Morgan fingerprint density at radius 1 is 0.867 bits per heavy atom. The van der Waals surface area contributed by atoms with E-state index in [0.29, 0.717) is 0 Å². The van der Waals surface area contributed by atoms with Crippen molar-refractivity contribution in [3.05, 3.63) is 11.5 Å². The van der Waals surface area contributed by atoms with Crippen molar-refractivity contribution in [1.82, 2.24) is 0 Å². The molecule has 0 atom stereocenters. The molecule has 0 spiro atoms. The molecule has 0 fully saturated rings. The standard InChI is InChI=1S/C10H22.C3H4S2/c1-3-5-7-9-10-8-6-4-2;1-2-4-5-3-1/h3-10H2,1-2H3;1-2H,3H2. The van der Waals surface area contributed by atoms with Gasteiger partial charge in [-0.25, -0.2) is 0 Å². The maximum absolute atomic E-state index is 2.27. The van der Waals surface area contributed by atoms with Crippen LogP contribution in [0.3, 0.4) is 0 Å². The molecule has 2 heteroatoms. The van der Waals surface area contributed by atoms with E-state index in [1.165, 1.54) is 57.1 Å². The van der Waals surface area contributed by atoms with E-state index in [2.05, 4.69) is 25.3 Å². The molecule has 90 valence electrons. The minimum absolute atomic E-state index is 1.20. The lowest BCUT2D eigenvalue weighted by Crippen LogP contribution is -1.77. The molecule has 1 aliphatic rings. The van der Waals surface area contributed by atoms with Gasteiger partial charge in [0.25, 0.3) is 0 Å². The summed E-state index contributed by atoms with van der Waals surface area (Å²) < 4.78 is 0. The average molecular weight is 246 g/mol. The number of unbranched alkanes of at least 4 members (excludes halogenated alkanes) is 7. The van der Waals surface area contributed by atoms with Gasteiger partial charge in [0.15, 0.2) is 0 Å². The first-order valence-electron chi connectivity index (χ1n) is 6.35. The van der Waals surface area contributed by atoms with E-state index in [4.69, 9.17) is 0 Å². The zero-order valence-corrected chi connectivity index (χ0v) is 12.0. The van der Waals surface area contributed by atoms with E-state index in [-0.39, 0.29) is 0 Å². The van der Waals surface area contributed by atoms with Crippen LogP contribution in [0.5, 0.6) is 0 Å². The monoisotopic (exact) mass is 246 g/mol. The van der Waals surface area contributed by atoms with Crippen LogP contribution in [0.4, 0.5) is 0 Å². The van der Waals surface area contributed by atoms with E-state index in [1.807, 2.05) is 21.6 Å². The molecule has 0 aliphatic carbocycles. The minimum Gasteiger partial charge on any atom is -0.0854 e. The van der Waals surface area contributed by atoms with Gasteiger partial charge < -0.3 is 0 Å². The SMILES string of the molecule is C1=CSSC1.CCCCCCCCCC. The zero-order chi connectivity index (χ0) is 11.2. The van der Waals surface area contributed by atoms with Gasteiger partial charge in [0.1, 0.15) is 0 Å². The lowest BCUT2D eigenvalue weighted by atomic mass is 10.1. The van der Waals surface area contributed by atoms with Gasteiger partial charge >= 0.3 is 0 Å². The molecule has 0 aromatic carbocycles. The summed E-state index contributed by atoms with van der Waals surface area (Å²) in [5.41, 5.74) is 0. The largest absolute Gasteiger partial charge is 0.0854 e. The van der Waals surface area contributed by atoms with Crippen LogP contribution in [0.25, 0.3) is 0 Å². The molecule has 1 heterocycles. The third kappa shape index (κ3) is 14.4. The zero-order valence-electron chi connectivity index (χ0n) is 10.3. The summed E-state index contributed by atoms with van der Waals surface area (Å²) in [4.78, 5) is 0. The van der Waals surface area contributed by atoms with Crippen molar-refractivity contribution in [2.45, 2.75) is 65.2 Å². The predicted molar refractivity (Wildman–Crippen MR) is 77.5 cm³/mol. The Morgan fingerprint density at radius 3 is 1.67 bits per heavy atom. The summed E-state index contributed by atoms with van der Waals surface area (Å²) in [6.07, 6.45) is 13.6. The Morgan fingerprint density at radius 2 is 1.40 bits per heavy atom. The van der Waals surface area contributed by atoms with Crippen molar-refractivity contribution in [2.24, 2.45) is 0 Å². The fourth-order valence-electron chi connectivity index (χ4n) is 1.40. The lowest BCUT2D eigenvalue weighted by Gasteiger charge is -1.97. The second-order valence-electron chi connectivity index (χ2n) is 3.87. The van der Waals surface area contributed by atoms with Gasteiger partial charge in [0, 0.05) is 5.75 Å².